The van der Waals surface area contributed by atoms with Crippen LogP contribution >= 0.6 is 24.0 Å². The molecule has 0 radical (unpaired) electrons. The van der Waals surface area contributed by atoms with Gasteiger partial charge in [0.2, 0.25) is 5.52 Å². The summed E-state index contributed by atoms with van der Waals surface area (Å²) in [4.78, 5) is 0. The van der Waals surface area contributed by atoms with Crippen molar-refractivity contribution in [3.05, 3.63) is 42.1 Å². The molecule has 0 fully saturated rings. The average Bonchev–Trinajstić information content (AvgIpc) is 2.18. The molecule has 1 aromatic carbocycles. The first-order valence-electron chi connectivity index (χ1n) is 4.10. The van der Waals surface area contributed by atoms with Crippen LogP contribution in [-0.4, -0.2) is 0 Å². The molecule has 0 atom stereocenters. The van der Waals surface area contributed by atoms with Crippen molar-refractivity contribution in [2.45, 2.75) is 0 Å². The topological polar surface area (TPSA) is 27.7 Å². The third-order valence-electron chi connectivity index (χ3n) is 2.09. The molecule has 14 heavy (non-hydrogen) atoms. The number of pyridine rings is 1. The average molecular weight is 297 g/mol. The summed E-state index contributed by atoms with van der Waals surface area (Å²) in [6, 6.07) is 12.1. The van der Waals surface area contributed by atoms with Crippen molar-refractivity contribution in [2.75, 3.05) is 0 Å². The molecule has 0 aliphatic rings. The molecule has 3 heteroatoms. The van der Waals surface area contributed by atoms with Gasteiger partial charge in [-0.3, -0.25) is 0 Å². The fraction of sp³-hybridized carbons (Fsp3) is 0.0909. The SMILES string of the molecule is C[n+]1cc(C#N)cc2ccccc21.I. The lowest BCUT2D eigenvalue weighted by molar-refractivity contribution is -0.645. The third-order valence-corrected chi connectivity index (χ3v) is 2.09. The Hall–Kier alpha value is -1.15. The number of hydrogen-bond acceptors (Lipinski definition) is 1. The summed E-state index contributed by atoms with van der Waals surface area (Å²) in [5, 5.41) is 9.86. The predicted molar refractivity (Wildman–Crippen MR) is 65.3 cm³/mol. The van der Waals surface area contributed by atoms with Gasteiger partial charge in [0.05, 0.1) is 0 Å². The van der Waals surface area contributed by atoms with Crippen molar-refractivity contribution in [1.82, 2.24) is 0 Å². The fourth-order valence-electron chi connectivity index (χ4n) is 1.47. The minimum atomic E-state index is 0. The Balaban J connectivity index is 0.000000980. The third kappa shape index (κ3) is 1.85. The van der Waals surface area contributed by atoms with Gasteiger partial charge in [-0.1, -0.05) is 12.1 Å². The first-order valence-corrected chi connectivity index (χ1v) is 4.10. The molecule has 0 aliphatic carbocycles. The number of hydrogen-bond donors (Lipinski definition) is 0. The maximum absolute atomic E-state index is 8.76. The zero-order valence-electron chi connectivity index (χ0n) is 7.77. The Bertz CT molecular complexity index is 500. The van der Waals surface area contributed by atoms with Gasteiger partial charge in [-0.15, -0.1) is 24.0 Å². The molecule has 0 spiro atoms. The second-order valence-corrected chi connectivity index (χ2v) is 3.01. The van der Waals surface area contributed by atoms with E-state index in [2.05, 4.69) is 6.07 Å². The molecule has 1 heterocycles. The highest BCUT2D eigenvalue weighted by molar-refractivity contribution is 14.0. The minimum absolute atomic E-state index is 0. The van der Waals surface area contributed by atoms with E-state index < -0.39 is 0 Å². The van der Waals surface area contributed by atoms with E-state index in [9.17, 15) is 0 Å². The van der Waals surface area contributed by atoms with Crippen LogP contribution in [0.15, 0.2) is 36.5 Å². The zero-order chi connectivity index (χ0) is 9.26. The number of para-hydroxylation sites is 1. The molecule has 0 unspecified atom stereocenters. The van der Waals surface area contributed by atoms with E-state index in [0.29, 0.717) is 5.56 Å². The van der Waals surface area contributed by atoms with Crippen LogP contribution in [0.2, 0.25) is 0 Å². The van der Waals surface area contributed by atoms with E-state index in [1.807, 2.05) is 48.1 Å². The van der Waals surface area contributed by atoms with Crippen LogP contribution in [0.1, 0.15) is 5.56 Å². The first kappa shape index (κ1) is 10.9. The van der Waals surface area contributed by atoms with Crippen molar-refractivity contribution in [3.8, 4) is 6.07 Å². The second kappa shape index (κ2) is 4.38. The van der Waals surface area contributed by atoms with Gasteiger partial charge in [-0.05, 0) is 12.1 Å². The van der Waals surface area contributed by atoms with Gasteiger partial charge in [0.25, 0.3) is 0 Å². The lowest BCUT2D eigenvalue weighted by atomic mass is 10.2. The summed E-state index contributed by atoms with van der Waals surface area (Å²) in [6.45, 7) is 0. The quantitative estimate of drug-likeness (QED) is 0.541. The molecule has 1 aromatic heterocycles. The fourth-order valence-corrected chi connectivity index (χ4v) is 1.47. The van der Waals surface area contributed by atoms with Crippen molar-refractivity contribution < 1.29 is 4.57 Å². The Morgan fingerprint density at radius 3 is 2.71 bits per heavy atom. The van der Waals surface area contributed by atoms with Gasteiger partial charge in [0.15, 0.2) is 6.20 Å². The lowest BCUT2D eigenvalue weighted by Crippen LogP contribution is -2.28. The van der Waals surface area contributed by atoms with Crippen LogP contribution in [0.3, 0.4) is 0 Å². The molecule has 0 bridgehead atoms. The van der Waals surface area contributed by atoms with Crippen molar-refractivity contribution in [2.24, 2.45) is 7.05 Å². The molecule has 70 valence electrons. The monoisotopic (exact) mass is 297 g/mol. The molecule has 0 saturated heterocycles. The molecule has 0 aliphatic heterocycles. The number of nitriles is 1. The summed E-state index contributed by atoms with van der Waals surface area (Å²) in [5.74, 6) is 0. The van der Waals surface area contributed by atoms with E-state index in [1.165, 1.54) is 0 Å². The Labute approximate surface area is 99.8 Å². The van der Waals surface area contributed by atoms with Gasteiger partial charge < -0.3 is 0 Å². The van der Waals surface area contributed by atoms with E-state index in [4.69, 9.17) is 5.26 Å². The Kier molecular flexibility index (Phi) is 3.42. The van der Waals surface area contributed by atoms with E-state index in [0.717, 1.165) is 10.9 Å². The predicted octanol–water partition coefficient (Wildman–Crippen LogP) is 2.15. The Morgan fingerprint density at radius 2 is 2.00 bits per heavy atom. The van der Waals surface area contributed by atoms with Crippen LogP contribution in [-0.2, 0) is 7.05 Å². The number of aromatic nitrogens is 1. The molecule has 0 amide bonds. The number of fused-ring (bicyclic) bond motifs is 1. The highest BCUT2D eigenvalue weighted by Crippen LogP contribution is 2.09. The zero-order valence-corrected chi connectivity index (χ0v) is 10.1. The normalized spacial score (nSPS) is 9.14. The summed E-state index contributed by atoms with van der Waals surface area (Å²) in [6.07, 6.45) is 1.84. The molecule has 2 aromatic rings. The maximum atomic E-state index is 8.76. The highest BCUT2D eigenvalue weighted by Gasteiger charge is 2.05. The van der Waals surface area contributed by atoms with Crippen molar-refractivity contribution in [3.63, 3.8) is 0 Å². The second-order valence-electron chi connectivity index (χ2n) is 3.01. The molecule has 0 N–H and O–H groups in total. The van der Waals surface area contributed by atoms with Gasteiger partial charge in [0, 0.05) is 11.5 Å². The van der Waals surface area contributed by atoms with Crippen molar-refractivity contribution >= 4 is 34.9 Å². The van der Waals surface area contributed by atoms with Crippen molar-refractivity contribution in [1.29, 1.82) is 5.26 Å². The standard InChI is InChI=1S/C11H9N2.HI/c1-13-8-9(7-12)6-10-4-2-3-5-11(10)13;/h2-6,8H,1H3;1H/q+1;. The number of rotatable bonds is 0. The van der Waals surface area contributed by atoms with E-state index >= 15 is 0 Å². The highest BCUT2D eigenvalue weighted by atomic mass is 127. The van der Waals surface area contributed by atoms with Gasteiger partial charge in [-0.25, -0.2) is 0 Å². The molecule has 2 rings (SSSR count). The van der Waals surface area contributed by atoms with Gasteiger partial charge in [-0.2, -0.15) is 9.83 Å². The summed E-state index contributed by atoms with van der Waals surface area (Å²) in [7, 11) is 1.95. The van der Waals surface area contributed by atoms with Crippen LogP contribution in [0.5, 0.6) is 0 Å². The van der Waals surface area contributed by atoms with E-state index in [1.54, 1.807) is 0 Å². The van der Waals surface area contributed by atoms with Gasteiger partial charge >= 0.3 is 0 Å². The van der Waals surface area contributed by atoms with Crippen LogP contribution in [0.4, 0.5) is 0 Å². The largest absolute Gasteiger partial charge is 0.212 e. The van der Waals surface area contributed by atoms with E-state index in [-0.39, 0.29) is 24.0 Å². The smallest absolute Gasteiger partial charge is 0.200 e. The molecule has 2 nitrogen and oxygen atoms in total. The number of nitrogens with zero attached hydrogens (tertiary/aromatic N) is 2. The summed E-state index contributed by atoms with van der Waals surface area (Å²) in [5.41, 5.74) is 1.84. The molecular weight excluding hydrogens is 287 g/mol. The first-order chi connectivity index (χ1) is 6.31. The molecule has 0 saturated carbocycles. The van der Waals surface area contributed by atoms with Crippen LogP contribution in [0.25, 0.3) is 10.9 Å². The summed E-state index contributed by atoms with van der Waals surface area (Å²) < 4.78 is 1.97. The minimum Gasteiger partial charge on any atom is -0.200 e. The van der Waals surface area contributed by atoms with Crippen LogP contribution in [0, 0.1) is 11.3 Å². The Morgan fingerprint density at radius 1 is 1.29 bits per heavy atom. The number of halogens is 1. The summed E-state index contributed by atoms with van der Waals surface area (Å²) >= 11 is 0. The van der Waals surface area contributed by atoms with Gasteiger partial charge in [0.1, 0.15) is 18.7 Å². The number of aryl methyl sites for hydroxylation is 1. The van der Waals surface area contributed by atoms with Crippen LogP contribution < -0.4 is 4.57 Å². The lowest BCUT2D eigenvalue weighted by Gasteiger charge is -1.95. The number of benzene rings is 1. The maximum Gasteiger partial charge on any atom is 0.212 e. The molecular formula is C11H10IN2+.